The van der Waals surface area contributed by atoms with Gasteiger partial charge in [0.2, 0.25) is 11.6 Å². The van der Waals surface area contributed by atoms with E-state index in [1.54, 1.807) is 24.7 Å². The number of hydrogen-bond donors (Lipinski definition) is 5. The topological polar surface area (TPSA) is 170 Å². The minimum absolute atomic E-state index is 0. The number of nitriles is 1. The molecule has 3 heterocycles. The largest absolute Gasteiger partial charge is 0.507 e. The number of aliphatic hydroxyl groups is 4. The van der Waals surface area contributed by atoms with E-state index in [0.717, 1.165) is 50.5 Å². The molecule has 0 aliphatic heterocycles. The molecule has 3 aromatic carbocycles. The summed E-state index contributed by atoms with van der Waals surface area (Å²) in [6, 6.07) is 36.7. The Morgan fingerprint density at radius 2 is 0.952 bits per heavy atom. The Labute approximate surface area is 401 Å². The molecule has 63 heavy (non-hydrogen) atoms. The Hall–Kier alpha value is -4.22. The van der Waals surface area contributed by atoms with E-state index in [-0.39, 0.29) is 52.7 Å². The van der Waals surface area contributed by atoms with E-state index in [0.29, 0.717) is 62.2 Å². The minimum Gasteiger partial charge on any atom is -0.507 e. The molecule has 11 nitrogen and oxygen atoms in total. The predicted octanol–water partition coefficient (Wildman–Crippen LogP) is 8.05. The monoisotopic (exact) mass is 974 g/mol. The normalized spacial score (nSPS) is 13.5. The third-order valence-electron chi connectivity index (χ3n) is 10.2. The van der Waals surface area contributed by atoms with E-state index in [1.165, 1.54) is 6.92 Å². The number of aryl methyl sites for hydroxylation is 3. The van der Waals surface area contributed by atoms with Crippen LogP contribution in [0.1, 0.15) is 70.2 Å². The molecule has 0 saturated carbocycles. The number of rotatable bonds is 12. The van der Waals surface area contributed by atoms with Crippen LogP contribution in [0.25, 0.3) is 0 Å². The summed E-state index contributed by atoms with van der Waals surface area (Å²) in [7, 11) is 0. The molecule has 0 unspecified atom stereocenters. The van der Waals surface area contributed by atoms with Crippen molar-refractivity contribution in [3.05, 3.63) is 188 Å². The van der Waals surface area contributed by atoms with Crippen LogP contribution in [0.15, 0.2) is 128 Å². The van der Waals surface area contributed by atoms with Crippen molar-refractivity contribution in [1.29, 1.82) is 5.26 Å². The first-order valence-electron chi connectivity index (χ1n) is 19.9. The van der Waals surface area contributed by atoms with Gasteiger partial charge in [0.05, 0.1) is 23.2 Å². The molecule has 1 aliphatic rings. The smallest absolute Gasteiger partial charge is 0.218 e. The van der Waals surface area contributed by atoms with E-state index in [9.17, 15) is 25.5 Å². The number of phenols is 1. The summed E-state index contributed by atoms with van der Waals surface area (Å²) in [5.41, 5.74) is 8.51. The number of aromatic nitrogens is 3. The first-order valence-corrected chi connectivity index (χ1v) is 20.7. The third kappa shape index (κ3) is 16.1. The van der Waals surface area contributed by atoms with Gasteiger partial charge in [-0.2, -0.15) is 5.26 Å². The first-order chi connectivity index (χ1) is 29.3. The van der Waals surface area contributed by atoms with Gasteiger partial charge in [0.15, 0.2) is 0 Å². The fourth-order valence-electron chi connectivity index (χ4n) is 7.13. The zero-order valence-corrected chi connectivity index (χ0v) is 38.8. The fourth-order valence-corrected chi connectivity index (χ4v) is 7.64. The first kappa shape index (κ1) is 53.1. The molecule has 0 atom stereocenters. The molecule has 5 N–H and O–H groups in total. The second kappa shape index (κ2) is 25.9. The maximum Gasteiger partial charge on any atom is 0.218 e. The third-order valence-corrected chi connectivity index (χ3v) is 10.9. The van der Waals surface area contributed by atoms with Crippen molar-refractivity contribution in [2.75, 3.05) is 0 Å². The van der Waals surface area contributed by atoms with Gasteiger partial charge in [-0.15, -0.1) is 0 Å². The van der Waals surface area contributed by atoms with E-state index in [4.69, 9.17) is 28.5 Å². The number of benzene rings is 3. The molecule has 1 aliphatic carbocycles. The number of nitrogens with zero attached hydrogens (tertiary/aromatic N) is 6. The average Bonchev–Trinajstić information content (AvgIpc) is 3.24. The Kier molecular flexibility index (Phi) is 21.9. The number of fused-ring (bicyclic) bond motifs is 1. The Balaban J connectivity index is 0.000000420. The van der Waals surface area contributed by atoms with E-state index < -0.39 is 11.6 Å². The van der Waals surface area contributed by atoms with E-state index >= 15 is 0 Å². The Morgan fingerprint density at radius 1 is 0.587 bits per heavy atom. The molecule has 0 amide bonds. The van der Waals surface area contributed by atoms with Gasteiger partial charge < -0.3 is 25.5 Å². The van der Waals surface area contributed by atoms with Crippen molar-refractivity contribution in [3.63, 3.8) is 0 Å². The number of hydrogen-bond acceptors (Lipinski definition) is 11. The minimum atomic E-state index is -2.44. The van der Waals surface area contributed by atoms with Gasteiger partial charge in [-0.05, 0) is 79.4 Å². The van der Waals surface area contributed by atoms with Crippen molar-refractivity contribution in [1.82, 2.24) is 24.8 Å². The SMILES string of the molecule is CC#N.Cc1cc(CN(Cc2ccccn2)Cc2ccccn2)c(O)c(CN(Cc2ccccn2)Cc2c(Cl)cccc2Cl)c1.OC1(O)CCc2ccccc2CCC1(O)O.[Fe].[Fe]. The summed E-state index contributed by atoms with van der Waals surface area (Å²) >= 11 is 13.1. The van der Waals surface area contributed by atoms with Crippen molar-refractivity contribution >= 4 is 23.2 Å². The van der Waals surface area contributed by atoms with Crippen LogP contribution in [0.5, 0.6) is 5.75 Å². The number of aromatic hydroxyl groups is 1. The summed E-state index contributed by atoms with van der Waals surface area (Å²) < 4.78 is 0. The van der Waals surface area contributed by atoms with Gasteiger partial charge in [-0.3, -0.25) is 24.8 Å². The second-order valence-electron chi connectivity index (χ2n) is 15.0. The molecule has 334 valence electrons. The van der Waals surface area contributed by atoms with Gasteiger partial charge in [0.25, 0.3) is 0 Å². The molecule has 0 radical (unpaired) electrons. The van der Waals surface area contributed by atoms with Crippen LogP contribution in [0.4, 0.5) is 0 Å². The van der Waals surface area contributed by atoms with Gasteiger partial charge >= 0.3 is 0 Å². The number of halogens is 2. The molecule has 0 saturated heterocycles. The quantitative estimate of drug-likeness (QED) is 0.0594. The van der Waals surface area contributed by atoms with Crippen molar-refractivity contribution in [3.8, 4) is 11.8 Å². The standard InChI is InChI=1S/C34H33Cl2N5O.C12H16O4.C2H3N.2Fe/c1-25-17-26(19-40(21-28-9-2-5-14-37-28)22-29-10-3-6-15-38-29)34(42)27(18-25)20-41(23-30-11-4-7-16-39-30)24-31-32(35)12-8-13-33(31)36;13-11(14)7-5-9-3-1-2-4-10(9)6-8-12(11,15)16;1-2-3;;/h2-18,42H,19-24H2,1H3;1-4,13-16H,5-8H2;1H3;;. The molecular formula is C48H52Cl2Fe2N6O5. The summed E-state index contributed by atoms with van der Waals surface area (Å²) in [5, 5.41) is 58.5. The van der Waals surface area contributed by atoms with Crippen molar-refractivity contribution < 1.29 is 59.7 Å². The summed E-state index contributed by atoms with van der Waals surface area (Å²) in [4.78, 5) is 18.1. The van der Waals surface area contributed by atoms with E-state index in [2.05, 4.69) is 37.7 Å². The molecule has 7 rings (SSSR count). The van der Waals surface area contributed by atoms with Crippen LogP contribution in [0.3, 0.4) is 0 Å². The zero-order valence-electron chi connectivity index (χ0n) is 35.1. The van der Waals surface area contributed by atoms with Gasteiger partial charge in [-0.25, -0.2) is 0 Å². The van der Waals surface area contributed by atoms with Crippen molar-refractivity contribution in [2.45, 2.75) is 90.4 Å². The molecule has 0 spiro atoms. The Bertz CT molecular complexity index is 2240. The number of phenolic OH excluding ortho intramolecular Hbond substituents is 1. The molecule has 3 aromatic heterocycles. The Morgan fingerprint density at radius 3 is 1.32 bits per heavy atom. The predicted molar refractivity (Wildman–Crippen MR) is 237 cm³/mol. The van der Waals surface area contributed by atoms with Gasteiger partial charge in [-0.1, -0.05) is 89.4 Å². The molecule has 0 bridgehead atoms. The molecular weight excluding hydrogens is 923 g/mol. The van der Waals surface area contributed by atoms with Crippen LogP contribution in [0, 0.1) is 18.3 Å². The van der Waals surface area contributed by atoms with Gasteiger partial charge in [0, 0.05) is 138 Å². The van der Waals surface area contributed by atoms with Crippen LogP contribution in [-0.4, -0.2) is 61.9 Å². The van der Waals surface area contributed by atoms with E-state index in [1.807, 2.05) is 103 Å². The number of pyridine rings is 3. The van der Waals surface area contributed by atoms with Crippen LogP contribution in [0.2, 0.25) is 10.0 Å². The molecule has 0 fully saturated rings. The van der Waals surface area contributed by atoms with Crippen LogP contribution >= 0.6 is 23.2 Å². The maximum absolute atomic E-state index is 11.6. The molecule has 15 heteroatoms. The molecule has 6 aromatic rings. The summed E-state index contributed by atoms with van der Waals surface area (Å²) in [6.45, 7) is 6.82. The average molecular weight is 976 g/mol. The second-order valence-corrected chi connectivity index (χ2v) is 15.8. The fraction of sp³-hybridized carbons (Fsp3) is 0.292. The summed E-state index contributed by atoms with van der Waals surface area (Å²) in [6.07, 6.45) is 6.07. The summed E-state index contributed by atoms with van der Waals surface area (Å²) in [5.74, 6) is -4.61. The van der Waals surface area contributed by atoms with Gasteiger partial charge in [0.1, 0.15) is 5.75 Å². The van der Waals surface area contributed by atoms with Crippen molar-refractivity contribution in [2.24, 2.45) is 0 Å². The van der Waals surface area contributed by atoms with Crippen LogP contribution < -0.4 is 0 Å². The zero-order chi connectivity index (χ0) is 43.8. The maximum atomic E-state index is 11.6. The van der Waals surface area contributed by atoms with Crippen LogP contribution in [-0.2, 0) is 86.2 Å².